The number of fused-ring (bicyclic) bond motifs is 4. The summed E-state index contributed by atoms with van der Waals surface area (Å²) in [4.78, 5) is 17.1. The van der Waals surface area contributed by atoms with Crippen molar-refractivity contribution in [1.29, 1.82) is 0 Å². The molecule has 0 fully saturated rings. The van der Waals surface area contributed by atoms with Crippen LogP contribution < -0.4 is 10.7 Å². The van der Waals surface area contributed by atoms with Gasteiger partial charge < -0.3 is 14.5 Å². The number of anilines is 1. The number of methoxy groups -OCH3 is 1. The predicted octanol–water partition coefficient (Wildman–Crippen LogP) is 3.18. The maximum Gasteiger partial charge on any atom is 0.205 e. The van der Waals surface area contributed by atoms with E-state index in [0.29, 0.717) is 22.7 Å². The van der Waals surface area contributed by atoms with Gasteiger partial charge in [-0.3, -0.25) is 4.79 Å². The first-order valence-electron chi connectivity index (χ1n) is 7.33. The van der Waals surface area contributed by atoms with Crippen molar-refractivity contribution in [2.24, 2.45) is 0 Å². The Balaban J connectivity index is 2.10. The van der Waals surface area contributed by atoms with Gasteiger partial charge in [0.2, 0.25) is 5.43 Å². The van der Waals surface area contributed by atoms with Gasteiger partial charge in [0.05, 0.1) is 11.8 Å². The largest absolute Gasteiger partial charge is 0.453 e. The Labute approximate surface area is 127 Å². The van der Waals surface area contributed by atoms with Crippen LogP contribution in [0.2, 0.25) is 0 Å². The number of nitrogens with zero attached hydrogens (tertiary/aromatic N) is 1. The second kappa shape index (κ2) is 4.81. The summed E-state index contributed by atoms with van der Waals surface area (Å²) in [5.41, 5.74) is 3.43. The average Bonchev–Trinajstić information content (AvgIpc) is 2.53. The molecule has 0 bridgehead atoms. The van der Waals surface area contributed by atoms with Gasteiger partial charge in [-0.1, -0.05) is 12.1 Å². The number of aromatic nitrogens is 1. The summed E-state index contributed by atoms with van der Waals surface area (Å²) in [6, 6.07) is 9.23. The molecule has 0 amide bonds. The molecule has 0 radical (unpaired) electrons. The molecular formula is C17H16N2O3. The molecule has 1 aromatic carbocycles. The van der Waals surface area contributed by atoms with Crippen LogP contribution in [0, 0.1) is 0 Å². The van der Waals surface area contributed by atoms with E-state index in [9.17, 15) is 4.79 Å². The highest BCUT2D eigenvalue weighted by Gasteiger charge is 2.32. The Hall–Kier alpha value is -2.40. The quantitative estimate of drug-likeness (QED) is 0.699. The van der Waals surface area contributed by atoms with E-state index in [0.717, 1.165) is 17.5 Å². The molecule has 0 saturated carbocycles. The topological polar surface area (TPSA) is 64.4 Å². The lowest BCUT2D eigenvalue weighted by Crippen LogP contribution is -2.31. The molecule has 2 aliphatic heterocycles. The fourth-order valence-corrected chi connectivity index (χ4v) is 3.13. The summed E-state index contributed by atoms with van der Waals surface area (Å²) in [5.74, 6) is 0.501. The molecule has 2 heterocycles. The lowest BCUT2D eigenvalue weighted by Gasteiger charge is -2.31. The zero-order valence-electron chi connectivity index (χ0n) is 12.4. The standard InChI is InChI=1S/C17H16N2O3/c1-9-7-13(21-2)15-16(18-9)11(20)8-14-17(15)19-10-5-3-4-6-12(10)22-14/h3-6,8-9,13,18H,7H2,1-2H3/t9-,13-/m0/s1. The number of hydrogen-bond acceptors (Lipinski definition) is 5. The first-order valence-corrected chi connectivity index (χ1v) is 7.33. The minimum atomic E-state index is -0.161. The lowest BCUT2D eigenvalue weighted by molar-refractivity contribution is 0.0894. The highest BCUT2D eigenvalue weighted by molar-refractivity contribution is 5.80. The Morgan fingerprint density at radius 3 is 3.00 bits per heavy atom. The fraction of sp³-hybridized carbons (Fsp3) is 0.294. The van der Waals surface area contributed by atoms with Crippen molar-refractivity contribution in [2.75, 3.05) is 12.4 Å². The summed E-state index contributed by atoms with van der Waals surface area (Å²) < 4.78 is 11.5. The van der Waals surface area contributed by atoms with Gasteiger partial charge in [0, 0.05) is 24.8 Å². The van der Waals surface area contributed by atoms with Crippen molar-refractivity contribution < 1.29 is 9.15 Å². The van der Waals surface area contributed by atoms with E-state index in [1.54, 1.807) is 7.11 Å². The van der Waals surface area contributed by atoms with Crippen LogP contribution in [0.25, 0.3) is 22.6 Å². The number of benzene rings is 2. The molecule has 1 aliphatic carbocycles. The van der Waals surface area contributed by atoms with Crippen molar-refractivity contribution in [2.45, 2.75) is 25.5 Å². The molecular weight excluding hydrogens is 280 g/mol. The summed E-state index contributed by atoms with van der Waals surface area (Å²) in [6.45, 7) is 2.04. The molecule has 4 rings (SSSR count). The Morgan fingerprint density at radius 1 is 1.36 bits per heavy atom. The van der Waals surface area contributed by atoms with Crippen LogP contribution in [0.5, 0.6) is 0 Å². The average molecular weight is 296 g/mol. The minimum absolute atomic E-state index is 0.0862. The van der Waals surface area contributed by atoms with Crippen molar-refractivity contribution in [3.63, 3.8) is 0 Å². The van der Waals surface area contributed by atoms with Crippen LogP contribution in [0.3, 0.4) is 0 Å². The third-order valence-electron chi connectivity index (χ3n) is 4.15. The maximum atomic E-state index is 12.4. The molecule has 22 heavy (non-hydrogen) atoms. The molecule has 112 valence electrons. The molecule has 5 nitrogen and oxygen atoms in total. The van der Waals surface area contributed by atoms with Gasteiger partial charge in [0.15, 0.2) is 11.3 Å². The summed E-state index contributed by atoms with van der Waals surface area (Å²) in [5, 5.41) is 3.26. The predicted molar refractivity (Wildman–Crippen MR) is 84.4 cm³/mol. The van der Waals surface area contributed by atoms with Crippen LogP contribution in [-0.2, 0) is 4.74 Å². The maximum absolute atomic E-state index is 12.4. The van der Waals surface area contributed by atoms with Gasteiger partial charge in [-0.25, -0.2) is 4.98 Å². The summed E-state index contributed by atoms with van der Waals surface area (Å²) in [6.07, 6.45) is 0.628. The molecule has 2 atom stereocenters. The van der Waals surface area contributed by atoms with E-state index < -0.39 is 0 Å². The van der Waals surface area contributed by atoms with E-state index in [2.05, 4.69) is 5.32 Å². The first-order chi connectivity index (χ1) is 10.7. The number of rotatable bonds is 1. The van der Waals surface area contributed by atoms with Gasteiger partial charge in [-0.15, -0.1) is 0 Å². The van der Waals surface area contributed by atoms with Crippen LogP contribution in [0.15, 0.2) is 39.5 Å². The van der Waals surface area contributed by atoms with E-state index in [1.807, 2.05) is 31.2 Å². The Kier molecular flexibility index (Phi) is 2.90. The second-order valence-electron chi connectivity index (χ2n) is 5.70. The van der Waals surface area contributed by atoms with Crippen molar-refractivity contribution in [1.82, 2.24) is 4.98 Å². The molecule has 0 aromatic heterocycles. The van der Waals surface area contributed by atoms with Crippen LogP contribution in [0.1, 0.15) is 25.0 Å². The molecule has 0 saturated heterocycles. The van der Waals surface area contributed by atoms with Crippen LogP contribution in [0.4, 0.5) is 5.69 Å². The van der Waals surface area contributed by atoms with E-state index in [4.69, 9.17) is 14.1 Å². The lowest BCUT2D eigenvalue weighted by atomic mass is 9.92. The monoisotopic (exact) mass is 296 g/mol. The Bertz CT molecular complexity index is 887. The van der Waals surface area contributed by atoms with Gasteiger partial charge in [0.1, 0.15) is 11.2 Å². The van der Waals surface area contributed by atoms with Crippen LogP contribution in [-0.4, -0.2) is 18.1 Å². The molecule has 3 aliphatic rings. The molecule has 5 heteroatoms. The normalized spacial score (nSPS) is 20.8. The van der Waals surface area contributed by atoms with E-state index in [1.165, 1.54) is 6.07 Å². The van der Waals surface area contributed by atoms with Crippen molar-refractivity contribution in [3.05, 3.63) is 46.1 Å². The third-order valence-corrected chi connectivity index (χ3v) is 4.15. The van der Waals surface area contributed by atoms with Crippen molar-refractivity contribution >= 4 is 16.8 Å². The number of hydrogen-bond donors (Lipinski definition) is 1. The van der Waals surface area contributed by atoms with Gasteiger partial charge in [-0.05, 0) is 25.5 Å². The molecule has 1 N–H and O–H groups in total. The van der Waals surface area contributed by atoms with Crippen LogP contribution >= 0.6 is 0 Å². The van der Waals surface area contributed by atoms with Crippen molar-refractivity contribution in [3.8, 4) is 11.5 Å². The van der Waals surface area contributed by atoms with E-state index >= 15 is 0 Å². The summed E-state index contributed by atoms with van der Waals surface area (Å²) >= 11 is 0. The van der Waals surface area contributed by atoms with Gasteiger partial charge in [0.25, 0.3) is 0 Å². The second-order valence-corrected chi connectivity index (χ2v) is 5.70. The fourth-order valence-electron chi connectivity index (χ4n) is 3.13. The van der Waals surface area contributed by atoms with Gasteiger partial charge >= 0.3 is 0 Å². The molecule has 0 unspecified atom stereocenters. The third kappa shape index (κ3) is 1.89. The molecule has 1 aromatic rings. The first kappa shape index (κ1) is 13.3. The zero-order valence-corrected chi connectivity index (χ0v) is 12.4. The molecule has 0 spiro atoms. The van der Waals surface area contributed by atoms with Gasteiger partial charge in [-0.2, -0.15) is 0 Å². The highest BCUT2D eigenvalue weighted by atomic mass is 16.5. The summed E-state index contributed by atoms with van der Waals surface area (Å²) in [7, 11) is 1.66. The number of ether oxygens (including phenoxy) is 1. The SMILES string of the molecule is CO[C@H]1C[C@H](C)Nc2c1c1nc3ccccc3oc-1cc2=O. The number of nitrogens with one attached hydrogen (secondary N) is 1. The zero-order chi connectivity index (χ0) is 15.3. The smallest absolute Gasteiger partial charge is 0.205 e. The number of para-hydroxylation sites is 2. The Morgan fingerprint density at radius 2 is 2.18 bits per heavy atom. The van der Waals surface area contributed by atoms with E-state index in [-0.39, 0.29) is 17.6 Å². The minimum Gasteiger partial charge on any atom is -0.453 e. The highest BCUT2D eigenvalue weighted by Crippen LogP contribution is 2.40.